The lowest BCUT2D eigenvalue weighted by molar-refractivity contribution is 1.16. The van der Waals surface area contributed by atoms with Crippen LogP contribution >= 0.6 is 0 Å². The van der Waals surface area contributed by atoms with E-state index in [9.17, 15) is 0 Å². The van der Waals surface area contributed by atoms with Gasteiger partial charge in [0.25, 0.3) is 0 Å². The van der Waals surface area contributed by atoms with E-state index in [1.54, 1.807) is 0 Å². The van der Waals surface area contributed by atoms with E-state index in [0.29, 0.717) is 0 Å². The second-order valence-corrected chi connectivity index (χ2v) is 14.1. The first-order chi connectivity index (χ1) is 28.0. The van der Waals surface area contributed by atoms with Crippen molar-refractivity contribution in [2.75, 3.05) is 4.90 Å². The number of hydrogen-bond acceptors (Lipinski definition) is 1. The van der Waals surface area contributed by atoms with Gasteiger partial charge in [-0.1, -0.05) is 188 Å². The summed E-state index contributed by atoms with van der Waals surface area (Å²) >= 11 is 0. The van der Waals surface area contributed by atoms with Gasteiger partial charge in [-0.15, -0.1) is 0 Å². The highest BCUT2D eigenvalue weighted by Gasteiger charge is 2.14. The molecule has 0 aliphatic heterocycles. The molecular weight excluding hydrogens is 687 g/mol. The van der Waals surface area contributed by atoms with Crippen LogP contribution in [0.3, 0.4) is 0 Å². The molecule has 0 saturated heterocycles. The van der Waals surface area contributed by atoms with Gasteiger partial charge >= 0.3 is 0 Å². The zero-order valence-electron chi connectivity index (χ0n) is 33.3. The first kappa shape index (κ1) is 38.3. The monoisotopic (exact) mass is 735 g/mol. The number of benzene rings is 7. The molecule has 0 saturated carbocycles. The normalized spacial score (nSPS) is 12.4. The fourth-order valence-corrected chi connectivity index (χ4v) is 7.35. The van der Waals surface area contributed by atoms with Crippen LogP contribution in [0.5, 0.6) is 0 Å². The predicted molar refractivity (Wildman–Crippen MR) is 247 cm³/mol. The molecule has 0 radical (unpaired) electrons. The molecule has 7 rings (SSSR count). The summed E-state index contributed by atoms with van der Waals surface area (Å²) in [5, 5.41) is 0. The fraction of sp³-hybridized carbons (Fsp3) is 0.0714. The Morgan fingerprint density at radius 3 is 1.61 bits per heavy atom. The van der Waals surface area contributed by atoms with E-state index in [1.807, 2.05) is 0 Å². The van der Waals surface area contributed by atoms with Gasteiger partial charge in [0.1, 0.15) is 0 Å². The first-order valence-electron chi connectivity index (χ1n) is 19.8. The van der Waals surface area contributed by atoms with Gasteiger partial charge in [-0.2, -0.15) is 0 Å². The molecule has 7 aromatic carbocycles. The van der Waals surface area contributed by atoms with Crippen LogP contribution in [0.25, 0.3) is 44.5 Å². The Bertz CT molecular complexity index is 2550. The van der Waals surface area contributed by atoms with Crippen molar-refractivity contribution >= 4 is 22.5 Å². The molecule has 0 fully saturated rings. The van der Waals surface area contributed by atoms with Crippen molar-refractivity contribution in [3.8, 4) is 33.4 Å². The van der Waals surface area contributed by atoms with Gasteiger partial charge in [0.05, 0.1) is 0 Å². The van der Waals surface area contributed by atoms with Crippen LogP contribution in [-0.2, 0) is 0 Å². The average molecular weight is 736 g/mol. The summed E-state index contributed by atoms with van der Waals surface area (Å²) in [6, 6.07) is 65.2. The maximum Gasteiger partial charge on any atom is 0.0458 e. The largest absolute Gasteiger partial charge is 0.315 e. The minimum absolute atomic E-state index is 1.10. The molecular formula is C56H49N. The molecule has 0 unspecified atom stereocenters. The molecule has 0 bridgehead atoms. The van der Waals surface area contributed by atoms with Crippen molar-refractivity contribution in [1.82, 2.24) is 0 Å². The van der Waals surface area contributed by atoms with Gasteiger partial charge in [0.15, 0.2) is 0 Å². The Morgan fingerprint density at radius 2 is 1.00 bits per heavy atom. The SMILES string of the molecule is C/C=C\C=C(\c1ccc(-c2ccc(N(/C(C)=C/C=C(\C=C/C)c3ccc(-c4ccccc4)c(-c4ccccc4)c3)c3ccccc3)cc2)cc1)c1ccccc1C. The van der Waals surface area contributed by atoms with Gasteiger partial charge in [-0.05, 0) is 131 Å². The van der Waals surface area contributed by atoms with Crippen LogP contribution in [0.2, 0.25) is 0 Å². The third kappa shape index (κ3) is 9.13. The van der Waals surface area contributed by atoms with Crippen LogP contribution in [-0.4, -0.2) is 0 Å². The second kappa shape index (κ2) is 18.6. The van der Waals surface area contributed by atoms with Crippen molar-refractivity contribution in [1.29, 1.82) is 0 Å². The van der Waals surface area contributed by atoms with Gasteiger partial charge < -0.3 is 4.90 Å². The summed E-state index contributed by atoms with van der Waals surface area (Å²) in [5.41, 5.74) is 17.8. The maximum absolute atomic E-state index is 2.33. The van der Waals surface area contributed by atoms with Gasteiger partial charge in [0.2, 0.25) is 0 Å². The van der Waals surface area contributed by atoms with Crippen molar-refractivity contribution < 1.29 is 0 Å². The van der Waals surface area contributed by atoms with Crippen LogP contribution in [0.15, 0.2) is 230 Å². The van der Waals surface area contributed by atoms with Gasteiger partial charge in [0, 0.05) is 17.1 Å². The first-order valence-corrected chi connectivity index (χ1v) is 19.8. The molecule has 0 heterocycles. The Balaban J connectivity index is 1.21. The Kier molecular flexibility index (Phi) is 12.5. The molecule has 0 N–H and O–H groups in total. The summed E-state index contributed by atoms with van der Waals surface area (Å²) in [7, 11) is 0. The molecule has 1 nitrogen and oxygen atoms in total. The molecule has 0 spiro atoms. The maximum atomic E-state index is 2.33. The lowest BCUT2D eigenvalue weighted by Gasteiger charge is -2.26. The number of rotatable bonds is 12. The molecule has 278 valence electrons. The number of para-hydroxylation sites is 1. The Labute approximate surface area is 339 Å². The molecule has 0 atom stereocenters. The van der Waals surface area contributed by atoms with Crippen LogP contribution in [0.1, 0.15) is 43.0 Å². The Hall–Kier alpha value is -6.96. The zero-order valence-corrected chi connectivity index (χ0v) is 33.3. The molecule has 0 aliphatic rings. The van der Waals surface area contributed by atoms with Crippen molar-refractivity contribution in [2.45, 2.75) is 27.7 Å². The molecule has 7 aromatic rings. The lowest BCUT2D eigenvalue weighted by atomic mass is 9.91. The minimum Gasteiger partial charge on any atom is -0.315 e. The zero-order chi connectivity index (χ0) is 39.4. The third-order valence-corrected chi connectivity index (χ3v) is 10.3. The highest BCUT2D eigenvalue weighted by atomic mass is 15.1. The van der Waals surface area contributed by atoms with Crippen molar-refractivity contribution in [3.05, 3.63) is 252 Å². The van der Waals surface area contributed by atoms with Gasteiger partial charge in [-0.25, -0.2) is 0 Å². The van der Waals surface area contributed by atoms with E-state index < -0.39 is 0 Å². The van der Waals surface area contributed by atoms with Crippen LogP contribution in [0, 0.1) is 6.92 Å². The Morgan fingerprint density at radius 1 is 0.456 bits per heavy atom. The molecule has 1 heteroatoms. The number of aryl methyl sites for hydroxylation is 1. The van der Waals surface area contributed by atoms with Gasteiger partial charge in [-0.3, -0.25) is 0 Å². The predicted octanol–water partition coefficient (Wildman–Crippen LogP) is 15.7. The molecule has 0 aromatic heterocycles. The summed E-state index contributed by atoms with van der Waals surface area (Å²) < 4.78 is 0. The highest BCUT2D eigenvalue weighted by molar-refractivity contribution is 5.88. The van der Waals surface area contributed by atoms with Crippen molar-refractivity contribution in [3.63, 3.8) is 0 Å². The highest BCUT2D eigenvalue weighted by Crippen LogP contribution is 2.36. The summed E-state index contributed by atoms with van der Waals surface area (Å²) in [6.45, 7) is 8.49. The number of allylic oxidation sites excluding steroid dienone is 9. The van der Waals surface area contributed by atoms with E-state index in [4.69, 9.17) is 0 Å². The van der Waals surface area contributed by atoms with Crippen molar-refractivity contribution in [2.24, 2.45) is 0 Å². The van der Waals surface area contributed by atoms with E-state index in [0.717, 1.165) is 22.6 Å². The second-order valence-electron chi connectivity index (χ2n) is 14.1. The van der Waals surface area contributed by atoms with E-state index >= 15 is 0 Å². The number of hydrogen-bond donors (Lipinski definition) is 0. The molecule has 0 amide bonds. The average Bonchev–Trinajstić information content (AvgIpc) is 3.27. The van der Waals surface area contributed by atoms with Crippen LogP contribution < -0.4 is 4.90 Å². The molecule has 0 aliphatic carbocycles. The number of nitrogens with zero attached hydrogens (tertiary/aromatic N) is 1. The number of anilines is 2. The van der Waals surface area contributed by atoms with E-state index in [1.165, 1.54) is 61.2 Å². The fourth-order valence-electron chi connectivity index (χ4n) is 7.35. The summed E-state index contributed by atoms with van der Waals surface area (Å²) in [4.78, 5) is 2.32. The van der Waals surface area contributed by atoms with Crippen LogP contribution in [0.4, 0.5) is 11.4 Å². The summed E-state index contributed by atoms with van der Waals surface area (Å²) in [6.07, 6.45) is 15.2. The van der Waals surface area contributed by atoms with E-state index in [2.05, 4.69) is 257 Å². The quantitative estimate of drug-likeness (QED) is 0.113. The molecule has 57 heavy (non-hydrogen) atoms. The smallest absolute Gasteiger partial charge is 0.0458 e. The topological polar surface area (TPSA) is 3.24 Å². The third-order valence-electron chi connectivity index (χ3n) is 10.3. The minimum atomic E-state index is 1.10. The summed E-state index contributed by atoms with van der Waals surface area (Å²) in [5.74, 6) is 0. The van der Waals surface area contributed by atoms with E-state index in [-0.39, 0.29) is 0 Å². The lowest BCUT2D eigenvalue weighted by Crippen LogP contribution is -2.14. The standard InChI is InChI=1S/C56H49N/c1-5-7-27-54(53-28-18-17-20-42(53)3)49-33-31-45(32-34-49)46-35-38-52(39-36-46)57(51-25-15-10-16-26-51)43(4)29-30-44(19-6-2)50-37-40-55(47-21-11-8-12-22-47)56(41-50)48-23-13-9-14-24-48/h5-41H,1-4H3/b7-5-,19-6-,43-29+,44-30+,54-27-.